The van der Waals surface area contributed by atoms with Crippen molar-refractivity contribution >= 4 is 11.8 Å². The molecule has 8 nitrogen and oxygen atoms in total. The van der Waals surface area contributed by atoms with Gasteiger partial charge in [0.2, 0.25) is 0 Å². The highest BCUT2D eigenvalue weighted by Gasteiger charge is 2.30. The summed E-state index contributed by atoms with van der Waals surface area (Å²) >= 11 is 0. The van der Waals surface area contributed by atoms with E-state index in [-0.39, 0.29) is 24.9 Å². The number of hydrogen-bond acceptors (Lipinski definition) is 6. The number of hydrogen-bond donors (Lipinski definition) is 4. The van der Waals surface area contributed by atoms with E-state index < -0.39 is 5.97 Å². The summed E-state index contributed by atoms with van der Waals surface area (Å²) in [6.07, 6.45) is 2.79. The molecule has 2 unspecified atom stereocenters. The predicted octanol–water partition coefficient (Wildman–Crippen LogP) is 1.52. The molecule has 4 N–H and O–H groups in total. The number of carboxylic acid groups (broad SMARTS) is 1. The van der Waals surface area contributed by atoms with E-state index in [1.807, 2.05) is 19.1 Å². The lowest BCUT2D eigenvalue weighted by molar-refractivity contribution is -0.145. The molecule has 0 saturated carbocycles. The molecular weight excluding hydrogens is 360 g/mol. The van der Waals surface area contributed by atoms with Gasteiger partial charge in [0.25, 0.3) is 0 Å². The molecule has 0 aromatic heterocycles. The number of rotatable bonds is 8. The van der Waals surface area contributed by atoms with E-state index in [4.69, 9.17) is 20.1 Å². The van der Waals surface area contributed by atoms with Crippen LogP contribution in [0, 0.1) is 5.41 Å². The summed E-state index contributed by atoms with van der Waals surface area (Å²) in [5.41, 5.74) is 5.19. The van der Waals surface area contributed by atoms with E-state index >= 15 is 0 Å². The Balaban J connectivity index is 1.42. The maximum Gasteiger partial charge on any atom is 0.329 e. The molecule has 1 aromatic rings. The van der Waals surface area contributed by atoms with Gasteiger partial charge in [0.05, 0.1) is 18.2 Å². The second-order valence-electron chi connectivity index (χ2n) is 7.38. The summed E-state index contributed by atoms with van der Waals surface area (Å²) in [5, 5.41) is 19.7. The van der Waals surface area contributed by atoms with Crippen molar-refractivity contribution in [3.8, 4) is 0 Å². The van der Waals surface area contributed by atoms with E-state index in [1.165, 1.54) is 0 Å². The Labute approximate surface area is 165 Å². The number of piperidine rings is 1. The molecule has 1 aromatic carbocycles. The minimum absolute atomic E-state index is 0.0437. The van der Waals surface area contributed by atoms with Crippen LogP contribution in [0.25, 0.3) is 0 Å². The zero-order valence-electron chi connectivity index (χ0n) is 16.3. The van der Waals surface area contributed by atoms with E-state index in [0.717, 1.165) is 56.6 Å². The summed E-state index contributed by atoms with van der Waals surface area (Å²) in [5.74, 6) is -0.469. The van der Waals surface area contributed by atoms with Gasteiger partial charge < -0.3 is 20.1 Å². The molecule has 2 heterocycles. The van der Waals surface area contributed by atoms with Crippen molar-refractivity contribution in [2.45, 2.75) is 44.4 Å². The van der Waals surface area contributed by atoms with Crippen LogP contribution in [-0.4, -0.2) is 66.8 Å². The molecule has 154 valence electrons. The molecule has 2 atom stereocenters. The van der Waals surface area contributed by atoms with Crippen LogP contribution in [0.2, 0.25) is 0 Å². The fourth-order valence-corrected chi connectivity index (χ4v) is 3.75. The first-order valence-electron chi connectivity index (χ1n) is 9.94. The van der Waals surface area contributed by atoms with Crippen LogP contribution in [0.5, 0.6) is 0 Å². The van der Waals surface area contributed by atoms with E-state index in [2.05, 4.69) is 27.8 Å². The Hall–Kier alpha value is -2.00. The Bertz CT molecular complexity index is 659. The van der Waals surface area contributed by atoms with Crippen LogP contribution in [0.1, 0.15) is 43.4 Å². The lowest BCUT2D eigenvalue weighted by Gasteiger charge is -2.32. The van der Waals surface area contributed by atoms with E-state index in [0.29, 0.717) is 5.84 Å². The van der Waals surface area contributed by atoms with Gasteiger partial charge in [-0.1, -0.05) is 24.3 Å². The molecular formula is C20H30N4O4. The first-order chi connectivity index (χ1) is 13.5. The van der Waals surface area contributed by atoms with Crippen molar-refractivity contribution in [1.29, 1.82) is 5.41 Å². The molecule has 2 fully saturated rings. The van der Waals surface area contributed by atoms with Gasteiger partial charge in [-0.25, -0.2) is 4.79 Å². The van der Waals surface area contributed by atoms with Gasteiger partial charge in [0.15, 0.2) is 0 Å². The molecule has 0 amide bonds. The van der Waals surface area contributed by atoms with E-state index in [1.54, 1.807) is 0 Å². The second kappa shape index (κ2) is 9.97. The predicted molar refractivity (Wildman–Crippen MR) is 105 cm³/mol. The number of amidine groups is 1. The van der Waals surface area contributed by atoms with Crippen molar-refractivity contribution in [2.75, 3.05) is 32.8 Å². The molecule has 2 aliphatic rings. The quantitative estimate of drug-likeness (QED) is 0.394. The van der Waals surface area contributed by atoms with Gasteiger partial charge >= 0.3 is 5.97 Å². The number of benzene rings is 1. The van der Waals surface area contributed by atoms with Crippen LogP contribution < -0.4 is 10.8 Å². The topological polar surface area (TPSA) is 107 Å². The van der Waals surface area contributed by atoms with Crippen LogP contribution in [-0.2, 0) is 14.4 Å². The Morgan fingerprint density at radius 2 is 2.07 bits per heavy atom. The lowest BCUT2D eigenvalue weighted by Crippen LogP contribution is -2.41. The smallest absolute Gasteiger partial charge is 0.329 e. The van der Waals surface area contributed by atoms with Gasteiger partial charge in [-0.15, -0.1) is 0 Å². The number of aliphatic carboxylic acids is 1. The molecule has 2 aliphatic heterocycles. The van der Waals surface area contributed by atoms with Crippen molar-refractivity contribution in [3.63, 3.8) is 0 Å². The maximum atomic E-state index is 10.6. The zero-order chi connectivity index (χ0) is 19.9. The van der Waals surface area contributed by atoms with Gasteiger partial charge in [-0.2, -0.15) is 5.48 Å². The van der Waals surface area contributed by atoms with E-state index in [9.17, 15) is 4.79 Å². The molecule has 0 bridgehead atoms. The third-order valence-corrected chi connectivity index (χ3v) is 5.27. The molecule has 3 rings (SSSR count). The second-order valence-corrected chi connectivity index (χ2v) is 7.38. The summed E-state index contributed by atoms with van der Waals surface area (Å²) in [6, 6.07) is 8.20. The van der Waals surface area contributed by atoms with Crippen LogP contribution >= 0.6 is 0 Å². The third kappa shape index (κ3) is 5.75. The zero-order valence-corrected chi connectivity index (χ0v) is 16.3. The summed E-state index contributed by atoms with van der Waals surface area (Å²) < 4.78 is 5.39. The highest BCUT2D eigenvalue weighted by Crippen LogP contribution is 2.27. The molecule has 0 spiro atoms. The van der Waals surface area contributed by atoms with Crippen LogP contribution in [0.15, 0.2) is 24.3 Å². The Morgan fingerprint density at radius 3 is 2.71 bits per heavy atom. The Kier molecular flexibility index (Phi) is 7.38. The van der Waals surface area contributed by atoms with Gasteiger partial charge in [0.1, 0.15) is 12.4 Å². The minimum atomic E-state index is -0.912. The number of nitrogens with zero attached hydrogens (tertiary/aromatic N) is 1. The van der Waals surface area contributed by atoms with Crippen LogP contribution in [0.3, 0.4) is 0 Å². The number of carbonyl (C=O) groups is 1. The lowest BCUT2D eigenvalue weighted by atomic mass is 10.00. The number of likely N-dealkylation sites (tertiary alicyclic amines) is 1. The average Bonchev–Trinajstić information content (AvgIpc) is 3.16. The number of nitrogens with one attached hydrogen (secondary N) is 3. The number of hydroxylamine groups is 1. The fourth-order valence-electron chi connectivity index (χ4n) is 3.75. The molecule has 8 heteroatoms. The SMILES string of the molecule is CCNC(=N)c1ccc(C2CC(CN3CCC(OCC(=O)O)CC3)ON2)cc1. The van der Waals surface area contributed by atoms with Crippen LogP contribution in [0.4, 0.5) is 0 Å². The molecule has 28 heavy (non-hydrogen) atoms. The minimum Gasteiger partial charge on any atom is -0.480 e. The largest absolute Gasteiger partial charge is 0.480 e. The summed E-state index contributed by atoms with van der Waals surface area (Å²) in [4.78, 5) is 18.7. The first kappa shape index (κ1) is 20.7. The first-order valence-corrected chi connectivity index (χ1v) is 9.94. The highest BCUT2D eigenvalue weighted by molar-refractivity contribution is 5.96. The number of carboxylic acids is 1. The van der Waals surface area contributed by atoms with Crippen molar-refractivity contribution in [3.05, 3.63) is 35.4 Å². The van der Waals surface area contributed by atoms with Crippen molar-refractivity contribution in [1.82, 2.24) is 15.7 Å². The van der Waals surface area contributed by atoms with Gasteiger partial charge in [-0.3, -0.25) is 10.2 Å². The van der Waals surface area contributed by atoms with Gasteiger partial charge in [0, 0.05) is 31.7 Å². The highest BCUT2D eigenvalue weighted by atomic mass is 16.7. The summed E-state index contributed by atoms with van der Waals surface area (Å²) in [6.45, 7) is 5.16. The normalized spacial score (nSPS) is 23.6. The average molecular weight is 390 g/mol. The van der Waals surface area contributed by atoms with Crippen molar-refractivity contribution < 1.29 is 19.5 Å². The fraction of sp³-hybridized carbons (Fsp3) is 0.600. The van der Waals surface area contributed by atoms with Crippen molar-refractivity contribution in [2.24, 2.45) is 0 Å². The standard InChI is InChI=1S/C20H30N4O4/c1-2-22-20(21)15-5-3-14(4-6-15)18-11-17(28-23-18)12-24-9-7-16(8-10-24)27-13-19(25)26/h3-6,16-18,23H,2,7-13H2,1H3,(H2,21,22)(H,25,26). The van der Waals surface area contributed by atoms with Gasteiger partial charge in [-0.05, 0) is 31.7 Å². The third-order valence-electron chi connectivity index (χ3n) is 5.27. The Morgan fingerprint density at radius 1 is 1.36 bits per heavy atom. The number of ether oxygens (including phenoxy) is 1. The monoisotopic (exact) mass is 390 g/mol. The summed E-state index contributed by atoms with van der Waals surface area (Å²) in [7, 11) is 0. The molecule has 2 saturated heterocycles. The molecule has 0 aliphatic carbocycles. The maximum absolute atomic E-state index is 10.6. The molecule has 0 radical (unpaired) electrons.